The summed E-state index contributed by atoms with van der Waals surface area (Å²) in [5.41, 5.74) is 6.54. The third-order valence-electron chi connectivity index (χ3n) is 4.60. The number of fused-ring (bicyclic) bond motifs is 1. The summed E-state index contributed by atoms with van der Waals surface area (Å²) in [6.45, 7) is 4.13. The van der Waals surface area contributed by atoms with E-state index in [0.29, 0.717) is 5.75 Å². The fourth-order valence-electron chi connectivity index (χ4n) is 3.54. The van der Waals surface area contributed by atoms with Crippen LogP contribution in [0.5, 0.6) is 11.5 Å². The normalized spacial score (nSPS) is 13.9. The van der Waals surface area contributed by atoms with E-state index in [4.69, 9.17) is 4.74 Å². The highest BCUT2D eigenvalue weighted by Crippen LogP contribution is 2.46. The van der Waals surface area contributed by atoms with Gasteiger partial charge in [-0.05, 0) is 50.7 Å². The molecule has 0 heterocycles. The van der Waals surface area contributed by atoms with Crippen molar-refractivity contribution in [3.8, 4) is 22.6 Å². The third-order valence-corrected chi connectivity index (χ3v) is 4.60. The van der Waals surface area contributed by atoms with E-state index in [2.05, 4.69) is 26.0 Å². The van der Waals surface area contributed by atoms with Crippen LogP contribution in [-0.4, -0.2) is 12.2 Å². The molecule has 0 spiro atoms. The number of methoxy groups -OCH3 is 1. The van der Waals surface area contributed by atoms with Crippen molar-refractivity contribution in [2.75, 3.05) is 7.11 Å². The van der Waals surface area contributed by atoms with Crippen LogP contribution < -0.4 is 4.74 Å². The van der Waals surface area contributed by atoms with Gasteiger partial charge >= 0.3 is 0 Å². The highest BCUT2D eigenvalue weighted by Gasteiger charge is 2.25. The first kappa shape index (κ1) is 14.0. The van der Waals surface area contributed by atoms with Gasteiger partial charge in [0.2, 0.25) is 0 Å². The van der Waals surface area contributed by atoms with Gasteiger partial charge in [0.1, 0.15) is 11.5 Å². The number of aromatic hydroxyl groups is 1. The number of phenols is 1. The molecule has 21 heavy (non-hydrogen) atoms. The zero-order valence-electron chi connectivity index (χ0n) is 13.0. The van der Waals surface area contributed by atoms with Crippen LogP contribution in [0.15, 0.2) is 24.3 Å². The van der Waals surface area contributed by atoms with Crippen molar-refractivity contribution in [3.05, 3.63) is 46.5 Å². The van der Waals surface area contributed by atoms with Crippen LogP contribution in [0.1, 0.15) is 35.1 Å². The lowest BCUT2D eigenvalue weighted by molar-refractivity contribution is 0.398. The number of hydrogen-bond donors (Lipinski definition) is 1. The fraction of sp³-hybridized carbons (Fsp3) is 0.368. The highest BCUT2D eigenvalue weighted by atomic mass is 16.5. The van der Waals surface area contributed by atoms with Crippen LogP contribution in [0, 0.1) is 13.8 Å². The van der Waals surface area contributed by atoms with Gasteiger partial charge in [-0.15, -0.1) is 0 Å². The van der Waals surface area contributed by atoms with E-state index < -0.39 is 0 Å². The molecule has 0 unspecified atom stereocenters. The van der Waals surface area contributed by atoms with Crippen molar-refractivity contribution < 1.29 is 9.84 Å². The van der Waals surface area contributed by atoms with Gasteiger partial charge in [0, 0.05) is 22.3 Å². The van der Waals surface area contributed by atoms with Gasteiger partial charge in [-0.25, -0.2) is 0 Å². The van der Waals surface area contributed by atoms with Crippen molar-refractivity contribution in [1.82, 2.24) is 0 Å². The number of phenolic OH excluding ortho intramolecular Hbond substituents is 1. The summed E-state index contributed by atoms with van der Waals surface area (Å²) in [6, 6.07) is 8.21. The van der Waals surface area contributed by atoms with E-state index in [1.165, 1.54) is 17.5 Å². The van der Waals surface area contributed by atoms with E-state index in [1.807, 2.05) is 12.1 Å². The first-order chi connectivity index (χ1) is 10.1. The number of benzene rings is 2. The second-order valence-electron chi connectivity index (χ2n) is 5.86. The van der Waals surface area contributed by atoms with Crippen molar-refractivity contribution >= 4 is 0 Å². The highest BCUT2D eigenvalue weighted by molar-refractivity contribution is 5.81. The molecule has 3 rings (SSSR count). The minimum atomic E-state index is 0.456. The van der Waals surface area contributed by atoms with Gasteiger partial charge in [-0.2, -0.15) is 0 Å². The zero-order chi connectivity index (χ0) is 15.0. The molecule has 0 bridgehead atoms. The number of ether oxygens (including phenoxy) is 1. The van der Waals surface area contributed by atoms with Crippen molar-refractivity contribution in [2.24, 2.45) is 0 Å². The molecule has 1 aliphatic rings. The summed E-state index contributed by atoms with van der Waals surface area (Å²) in [4.78, 5) is 0. The predicted octanol–water partition coefficient (Wildman–Crippen LogP) is 4.56. The Labute approximate surface area is 126 Å². The molecule has 1 N–H and O–H groups in total. The molecular weight excluding hydrogens is 260 g/mol. The first-order valence-corrected chi connectivity index (χ1v) is 7.62. The third kappa shape index (κ3) is 2.19. The molecule has 0 amide bonds. The van der Waals surface area contributed by atoms with Gasteiger partial charge in [0.15, 0.2) is 0 Å². The zero-order valence-corrected chi connectivity index (χ0v) is 13.0. The fourth-order valence-corrected chi connectivity index (χ4v) is 3.54. The SMILES string of the molecule is COc1c(C)c(-c2ccccc2C)c(O)c2c1CCCC2. The van der Waals surface area contributed by atoms with E-state index in [1.54, 1.807) is 7.11 Å². The van der Waals surface area contributed by atoms with Gasteiger partial charge in [-0.3, -0.25) is 0 Å². The van der Waals surface area contributed by atoms with Crippen LogP contribution in [0.3, 0.4) is 0 Å². The summed E-state index contributed by atoms with van der Waals surface area (Å²) in [5, 5.41) is 10.9. The second kappa shape index (κ2) is 5.44. The topological polar surface area (TPSA) is 29.5 Å². The van der Waals surface area contributed by atoms with Gasteiger partial charge in [0.05, 0.1) is 7.11 Å². The summed E-state index contributed by atoms with van der Waals surface area (Å²) in [6.07, 6.45) is 4.25. The Morgan fingerprint density at radius 3 is 2.33 bits per heavy atom. The minimum absolute atomic E-state index is 0.456. The predicted molar refractivity (Wildman–Crippen MR) is 86.2 cm³/mol. The van der Waals surface area contributed by atoms with Crippen LogP contribution in [0.25, 0.3) is 11.1 Å². The molecule has 0 fully saturated rings. The average Bonchev–Trinajstić information content (AvgIpc) is 2.50. The molecule has 1 aliphatic carbocycles. The largest absolute Gasteiger partial charge is 0.507 e. The molecule has 2 heteroatoms. The minimum Gasteiger partial charge on any atom is -0.507 e. The van der Waals surface area contributed by atoms with Crippen molar-refractivity contribution in [3.63, 3.8) is 0 Å². The van der Waals surface area contributed by atoms with Crippen LogP contribution in [-0.2, 0) is 12.8 Å². The molecule has 0 radical (unpaired) electrons. The molecule has 2 aromatic rings. The number of aryl methyl sites for hydroxylation is 1. The lowest BCUT2D eigenvalue weighted by atomic mass is 9.83. The summed E-state index contributed by atoms with van der Waals surface area (Å²) < 4.78 is 5.69. The summed E-state index contributed by atoms with van der Waals surface area (Å²) >= 11 is 0. The number of rotatable bonds is 2. The Hall–Kier alpha value is -1.96. The maximum Gasteiger partial charge on any atom is 0.127 e. The maximum absolute atomic E-state index is 10.9. The van der Waals surface area contributed by atoms with E-state index in [9.17, 15) is 5.11 Å². The second-order valence-corrected chi connectivity index (χ2v) is 5.86. The molecule has 0 atom stereocenters. The lowest BCUT2D eigenvalue weighted by Gasteiger charge is -2.25. The Morgan fingerprint density at radius 1 is 1.00 bits per heavy atom. The van der Waals surface area contributed by atoms with Gasteiger partial charge < -0.3 is 9.84 Å². The lowest BCUT2D eigenvalue weighted by Crippen LogP contribution is -2.08. The Morgan fingerprint density at radius 2 is 1.67 bits per heavy atom. The average molecular weight is 282 g/mol. The molecule has 2 aromatic carbocycles. The monoisotopic (exact) mass is 282 g/mol. The van der Waals surface area contributed by atoms with Crippen LogP contribution >= 0.6 is 0 Å². The summed E-state index contributed by atoms with van der Waals surface area (Å²) in [7, 11) is 1.73. The number of hydrogen-bond acceptors (Lipinski definition) is 2. The molecule has 0 aromatic heterocycles. The first-order valence-electron chi connectivity index (χ1n) is 7.62. The molecule has 0 saturated carbocycles. The molecule has 110 valence electrons. The van der Waals surface area contributed by atoms with Crippen LogP contribution in [0.2, 0.25) is 0 Å². The van der Waals surface area contributed by atoms with Crippen LogP contribution in [0.4, 0.5) is 0 Å². The molecule has 0 aliphatic heterocycles. The van der Waals surface area contributed by atoms with Crippen molar-refractivity contribution in [2.45, 2.75) is 39.5 Å². The van der Waals surface area contributed by atoms with Gasteiger partial charge in [-0.1, -0.05) is 24.3 Å². The molecular formula is C19H22O2. The molecule has 2 nitrogen and oxygen atoms in total. The standard InChI is InChI=1S/C19H22O2/c1-12-8-4-5-9-14(12)17-13(2)19(21-3)16-11-7-6-10-15(16)18(17)20/h4-5,8-9,20H,6-7,10-11H2,1-3H3. The van der Waals surface area contributed by atoms with E-state index in [0.717, 1.165) is 47.3 Å². The summed E-state index contributed by atoms with van der Waals surface area (Å²) in [5.74, 6) is 1.41. The van der Waals surface area contributed by atoms with E-state index in [-0.39, 0.29) is 0 Å². The Kier molecular flexibility index (Phi) is 3.62. The Bertz CT molecular complexity index is 663. The van der Waals surface area contributed by atoms with Crippen molar-refractivity contribution in [1.29, 1.82) is 0 Å². The van der Waals surface area contributed by atoms with E-state index >= 15 is 0 Å². The Balaban J connectivity index is 2.33. The van der Waals surface area contributed by atoms with Gasteiger partial charge in [0.25, 0.3) is 0 Å². The maximum atomic E-state index is 10.9. The smallest absolute Gasteiger partial charge is 0.127 e. The quantitative estimate of drug-likeness (QED) is 0.874. The molecule has 0 saturated heterocycles.